The minimum absolute atomic E-state index is 0. The summed E-state index contributed by atoms with van der Waals surface area (Å²) in [4.78, 5) is 62.1. The second-order valence-corrected chi connectivity index (χ2v) is 3.93. The van der Waals surface area contributed by atoms with Gasteiger partial charge in [-0.3, -0.25) is 9.59 Å². The van der Waals surface area contributed by atoms with E-state index in [0.29, 0.717) is 0 Å². The number of alkyl carbamates (subject to hydrolysis) is 1. The van der Waals surface area contributed by atoms with Crippen molar-refractivity contribution in [1.82, 2.24) is 21.3 Å². The summed E-state index contributed by atoms with van der Waals surface area (Å²) >= 11 is 0. The molecule has 48 heavy (non-hydrogen) atoms. The molecule has 0 aliphatic rings. The number of aliphatic hydroxyl groups excluding tert-OH is 3. The molecule has 0 aromatic rings. The van der Waals surface area contributed by atoms with Gasteiger partial charge in [0, 0.05) is 91.7 Å². The smallest absolute Gasteiger partial charge is 0.406 e. The third kappa shape index (κ3) is 1100. The highest BCUT2D eigenvalue weighted by molar-refractivity contribution is 5.73. The first kappa shape index (κ1) is 120. The van der Waals surface area contributed by atoms with Crippen LogP contribution in [0.5, 0.6) is 0 Å². The van der Waals surface area contributed by atoms with Crippen molar-refractivity contribution in [2.75, 3.05) is 99.0 Å². The van der Waals surface area contributed by atoms with E-state index in [1.165, 1.54) is 61.4 Å². The van der Waals surface area contributed by atoms with Gasteiger partial charge in [-0.1, -0.05) is 44.6 Å². The van der Waals surface area contributed by atoms with Crippen molar-refractivity contribution < 1.29 is 58.7 Å². The number of carboxylic acid groups (broad SMARTS) is 1. The molecule has 0 saturated carbocycles. The van der Waals surface area contributed by atoms with Gasteiger partial charge in [-0.25, -0.2) is 29.2 Å². The summed E-state index contributed by atoms with van der Waals surface area (Å²) in [5, 5.41) is 37.8. The molecule has 0 heterocycles. The molecule has 20 nitrogen and oxygen atoms in total. The Balaban J connectivity index is -0.0000000129. The van der Waals surface area contributed by atoms with E-state index < -0.39 is 12.1 Å². The quantitative estimate of drug-likeness (QED) is 0.124. The fourth-order valence-corrected chi connectivity index (χ4v) is 0.227. The Morgan fingerprint density at radius 1 is 0.583 bits per heavy atom. The Morgan fingerprint density at radius 3 is 0.729 bits per heavy atom. The maximum absolute atomic E-state index is 9.96. The number of nitrogens with one attached hydrogen (secondary N) is 4. The predicted octanol–water partition coefficient (Wildman–Crippen LogP) is 1.32. The van der Waals surface area contributed by atoms with Crippen LogP contribution in [-0.4, -0.2) is 156 Å². The van der Waals surface area contributed by atoms with Crippen molar-refractivity contribution in [2.45, 2.75) is 58.4 Å². The predicted molar refractivity (Wildman–Crippen MR) is 204 cm³/mol. The molecule has 0 aliphatic heterocycles. The van der Waals surface area contributed by atoms with E-state index in [9.17, 15) is 14.4 Å². The molecule has 0 aromatic carbocycles. The number of urea groups is 1. The van der Waals surface area contributed by atoms with Gasteiger partial charge in [-0.2, -0.15) is 0 Å². The lowest BCUT2D eigenvalue weighted by molar-refractivity contribution is -0.134. The molecule has 0 fully saturated rings. The minimum atomic E-state index is -0.833. The molecule has 0 spiro atoms. The van der Waals surface area contributed by atoms with Gasteiger partial charge in [0.25, 0.3) is 5.97 Å². The number of nitrogens with zero attached hydrogens (tertiary/aromatic N) is 2. The molecule has 0 atom stereocenters. The molecule has 0 unspecified atom stereocenters. The number of hydrogen-bond donors (Lipinski definition) is 10. The first-order valence-electron chi connectivity index (χ1n) is 10.7. The zero-order chi connectivity index (χ0) is 37.4. The van der Waals surface area contributed by atoms with Crippen LogP contribution in [-0.2, 0) is 28.7 Å². The topological polar surface area (TPSA) is 327 Å². The van der Waals surface area contributed by atoms with E-state index in [1.807, 2.05) is 0 Å². The number of amides is 4. The van der Waals surface area contributed by atoms with Crippen molar-refractivity contribution in [3.8, 4) is 0 Å². The SMILES string of the molecule is C.C.C.C.C.C.CC(=O)O.CN.CN.CN=C=O.CN=C=O.CNC(=O)NC.CNC(=O)OC.CNC(C)=O.CO.CO.CO.COC. The van der Waals surface area contributed by atoms with E-state index in [0.717, 1.165) is 28.3 Å². The van der Waals surface area contributed by atoms with Gasteiger partial charge in [0.1, 0.15) is 0 Å². The lowest BCUT2D eigenvalue weighted by Gasteiger charge is -1.91. The van der Waals surface area contributed by atoms with Crippen molar-refractivity contribution >= 4 is 36.2 Å². The highest BCUT2D eigenvalue weighted by Gasteiger charge is 1.85. The number of methoxy groups -OCH3 is 2. The number of ether oxygens (including phenoxy) is 2. The maximum atomic E-state index is 9.96. The molecular weight excluding hydrogens is 640 g/mol. The van der Waals surface area contributed by atoms with Crippen molar-refractivity contribution in [2.24, 2.45) is 21.5 Å². The van der Waals surface area contributed by atoms with Crippen LogP contribution in [0.25, 0.3) is 0 Å². The van der Waals surface area contributed by atoms with E-state index in [1.54, 1.807) is 35.4 Å². The summed E-state index contributed by atoms with van der Waals surface area (Å²) in [6.45, 7) is 2.56. The molecule has 0 bridgehead atoms. The third-order valence-electron chi connectivity index (χ3n) is 1.38. The number of carboxylic acids is 1. The largest absolute Gasteiger partial charge is 0.481 e. The summed E-state index contributed by atoms with van der Waals surface area (Å²) in [5.41, 5.74) is 9.00. The zero-order valence-corrected chi connectivity index (χ0v) is 28.1. The van der Waals surface area contributed by atoms with Crippen LogP contribution in [0, 0.1) is 0 Å². The van der Waals surface area contributed by atoms with Crippen LogP contribution in [0.2, 0.25) is 0 Å². The number of aliphatic hydroxyl groups is 3. The second kappa shape index (κ2) is 234. The number of carbonyl (C=O) groups is 4. The Labute approximate surface area is 295 Å². The molecule has 12 N–H and O–H groups in total. The molecule has 0 aromatic heterocycles. The number of carbonyl (C=O) groups excluding carboxylic acids is 5. The third-order valence-corrected chi connectivity index (χ3v) is 1.38. The van der Waals surface area contributed by atoms with Crippen LogP contribution < -0.4 is 32.7 Å². The molecule has 308 valence electrons. The molecule has 20 heteroatoms. The van der Waals surface area contributed by atoms with Gasteiger partial charge in [0.05, 0.1) is 7.11 Å². The van der Waals surface area contributed by atoms with Crippen LogP contribution in [0.1, 0.15) is 58.4 Å². The molecule has 0 aliphatic carbocycles. The summed E-state index contributed by atoms with van der Waals surface area (Å²) in [6, 6.07) is -0.157. The first-order chi connectivity index (χ1) is 19.9. The van der Waals surface area contributed by atoms with Crippen molar-refractivity contribution in [3.05, 3.63) is 0 Å². The number of aliphatic imine (C=N–C) groups is 2. The Morgan fingerprint density at radius 2 is 0.729 bits per heavy atom. The molecule has 0 rings (SSSR count). The van der Waals surface area contributed by atoms with Gasteiger partial charge < -0.3 is 62.6 Å². The van der Waals surface area contributed by atoms with E-state index in [2.05, 4.69) is 52.2 Å². The highest BCUT2D eigenvalue weighted by atomic mass is 16.5. The lowest BCUT2D eigenvalue weighted by atomic mass is 10.7. The molecule has 4 amide bonds. The average Bonchev–Trinajstić information content (AvgIpc) is 3.05. The number of hydrogen-bond acceptors (Lipinski definition) is 15. The number of nitrogens with two attached hydrogens (primary N) is 2. The van der Waals surface area contributed by atoms with Gasteiger partial charge >= 0.3 is 12.1 Å². The minimum Gasteiger partial charge on any atom is -0.481 e. The van der Waals surface area contributed by atoms with Crippen LogP contribution in [0.4, 0.5) is 9.59 Å². The van der Waals surface area contributed by atoms with E-state index in [4.69, 9.17) is 34.8 Å². The zero-order valence-electron chi connectivity index (χ0n) is 28.1. The maximum Gasteiger partial charge on any atom is 0.406 e. The molecule has 0 radical (unpaired) electrons. The highest BCUT2D eigenvalue weighted by Crippen LogP contribution is 1.62. The Hall–Kier alpha value is -4.00. The number of aliphatic carboxylic acids is 1. The molecule has 0 saturated heterocycles. The van der Waals surface area contributed by atoms with Crippen LogP contribution >= 0.6 is 0 Å². The summed E-state index contributed by atoms with van der Waals surface area (Å²) in [5.74, 6) is -0.829. The van der Waals surface area contributed by atoms with Gasteiger partial charge in [-0.15, -0.1) is 0 Å². The van der Waals surface area contributed by atoms with Crippen molar-refractivity contribution in [3.63, 3.8) is 0 Å². The average molecular weight is 725 g/mol. The van der Waals surface area contributed by atoms with Gasteiger partial charge in [0.15, 0.2) is 0 Å². The first-order valence-corrected chi connectivity index (χ1v) is 10.7. The molecular formula is C28H84N8O12. The van der Waals surface area contributed by atoms with Gasteiger partial charge in [-0.05, 0) is 14.1 Å². The summed E-state index contributed by atoms with van der Waals surface area (Å²) < 4.78 is 8.40. The fourth-order valence-electron chi connectivity index (χ4n) is 0.227. The Kier molecular flexibility index (Phi) is 587. The fraction of sp³-hybridized carbons (Fsp3) is 0.786. The second-order valence-electron chi connectivity index (χ2n) is 3.93. The lowest BCUT2D eigenvalue weighted by Crippen LogP contribution is -2.28. The number of rotatable bonds is 0. The number of isocyanates is 2. The normalized spacial score (nSPS) is 4.69. The van der Waals surface area contributed by atoms with Crippen LogP contribution in [0.15, 0.2) is 9.98 Å². The van der Waals surface area contributed by atoms with E-state index >= 15 is 0 Å². The van der Waals surface area contributed by atoms with Gasteiger partial charge in [0.2, 0.25) is 18.1 Å². The standard InChI is InChI=1S/C3H8N2O.C3H7NO2.C3H7NO.2C2H3NO.C2H4O2.C2H6O.2CH5N.3CH4O.6CH4/c1-4-3(6)5-2;1-4-3(5)6-2;1-3(5)4-2;2*1-3-2-4;1-2(3)4;1-3-2;5*1-2;;;;;;/h1-2H3,(H2,4,5,6);1-2H3,(H,4,5);1-2H3,(H,4,5);2*1H3;1H3,(H,3,4);1-2H3;2*2H2,1H3;3*2H,1H3;6*1H4. The van der Waals surface area contributed by atoms with Crippen molar-refractivity contribution in [1.29, 1.82) is 0 Å². The monoisotopic (exact) mass is 725 g/mol. The Bertz CT molecular complexity index is 491. The summed E-state index contributed by atoms with van der Waals surface area (Å²) in [7, 11) is 19.6. The van der Waals surface area contributed by atoms with E-state index in [-0.39, 0.29) is 56.5 Å². The summed E-state index contributed by atoms with van der Waals surface area (Å²) in [6.07, 6.45) is 2.20. The van der Waals surface area contributed by atoms with Crippen LogP contribution in [0.3, 0.4) is 0 Å².